The van der Waals surface area contributed by atoms with Crippen LogP contribution in [-0.4, -0.2) is 20.1 Å². The molecule has 0 spiro atoms. The molecule has 0 bridgehead atoms. The maximum absolute atomic E-state index is 11.5. The van der Waals surface area contributed by atoms with Gasteiger partial charge in [0, 0.05) is 13.0 Å². The first-order chi connectivity index (χ1) is 6.59. The predicted octanol–water partition coefficient (Wildman–Crippen LogP) is 0.336. The smallest absolute Gasteiger partial charge is 0.252 e. The summed E-state index contributed by atoms with van der Waals surface area (Å²) in [7, 11) is -3.82. The minimum atomic E-state index is -3.82. The Labute approximate surface area is 82.7 Å². The molecule has 5 heteroatoms. The Morgan fingerprint density at radius 3 is 2.29 bits per heavy atom. The Kier molecular flexibility index (Phi) is 3.38. The van der Waals surface area contributed by atoms with Gasteiger partial charge in [-0.05, 0) is 12.1 Å². The summed E-state index contributed by atoms with van der Waals surface area (Å²) in [5.74, 6) is 0. The molecule has 76 valence electrons. The van der Waals surface area contributed by atoms with E-state index in [0.29, 0.717) is 0 Å². The molecule has 0 saturated carbocycles. The Morgan fingerprint density at radius 1 is 1.21 bits per heavy atom. The lowest BCUT2D eigenvalue weighted by Gasteiger charge is -2.01. The average Bonchev–Trinajstić information content (AvgIpc) is 2.19. The molecule has 1 rings (SSSR count). The van der Waals surface area contributed by atoms with Gasteiger partial charge in [-0.3, -0.25) is 4.79 Å². The van der Waals surface area contributed by atoms with Crippen LogP contribution in [0.3, 0.4) is 0 Å². The van der Waals surface area contributed by atoms with Crippen molar-refractivity contribution in [3.8, 4) is 0 Å². The Hall–Kier alpha value is -1.20. The molecule has 0 saturated heterocycles. The van der Waals surface area contributed by atoms with Gasteiger partial charge in [0.15, 0.2) is 0 Å². The number of hydrogen-bond donors (Lipinski definition) is 1. The van der Waals surface area contributed by atoms with Crippen LogP contribution in [0.15, 0.2) is 35.2 Å². The average molecular weight is 213 g/mol. The molecule has 1 aromatic rings. The van der Waals surface area contributed by atoms with Gasteiger partial charge in [-0.1, -0.05) is 18.2 Å². The van der Waals surface area contributed by atoms with E-state index in [0.717, 1.165) is 0 Å². The molecule has 0 aliphatic heterocycles. The number of sulfone groups is 1. The van der Waals surface area contributed by atoms with Crippen molar-refractivity contribution in [3.63, 3.8) is 0 Å². The Balaban J connectivity index is 3.04. The molecule has 0 atom stereocenters. The summed E-state index contributed by atoms with van der Waals surface area (Å²) < 4.78 is 23.0. The summed E-state index contributed by atoms with van der Waals surface area (Å²) in [6.45, 7) is 0.0465. The van der Waals surface area contributed by atoms with E-state index in [2.05, 4.69) is 0 Å². The molecule has 2 N–H and O–H groups in total. The van der Waals surface area contributed by atoms with Crippen LogP contribution < -0.4 is 5.73 Å². The zero-order valence-corrected chi connectivity index (χ0v) is 8.33. The van der Waals surface area contributed by atoms with Crippen LogP contribution in [0.25, 0.3) is 0 Å². The first-order valence-electron chi connectivity index (χ1n) is 4.12. The maximum atomic E-state index is 11.5. The minimum Gasteiger partial charge on any atom is -0.330 e. The molecule has 0 heterocycles. The highest BCUT2D eigenvalue weighted by atomic mass is 32.2. The number of carbonyl (C=O) groups is 1. The van der Waals surface area contributed by atoms with E-state index < -0.39 is 15.0 Å². The second kappa shape index (κ2) is 4.34. The van der Waals surface area contributed by atoms with E-state index in [1.165, 1.54) is 12.1 Å². The zero-order valence-electron chi connectivity index (χ0n) is 7.51. The molecule has 0 aromatic heterocycles. The molecule has 0 amide bonds. The molecule has 0 fully saturated rings. The van der Waals surface area contributed by atoms with E-state index in [4.69, 9.17) is 5.73 Å². The second-order valence-electron chi connectivity index (χ2n) is 2.73. The predicted molar refractivity (Wildman–Crippen MR) is 52.3 cm³/mol. The third kappa shape index (κ3) is 2.18. The lowest BCUT2D eigenvalue weighted by atomic mass is 10.4. The summed E-state index contributed by atoms with van der Waals surface area (Å²) in [5.41, 5.74) is 5.12. The summed E-state index contributed by atoms with van der Waals surface area (Å²) in [4.78, 5) is 11.2. The highest BCUT2D eigenvalue weighted by Crippen LogP contribution is 2.11. The zero-order chi connectivity index (χ0) is 10.6. The van der Waals surface area contributed by atoms with Crippen LogP contribution in [0.2, 0.25) is 0 Å². The molecule has 0 radical (unpaired) electrons. The van der Waals surface area contributed by atoms with Gasteiger partial charge in [0.25, 0.3) is 5.12 Å². The molecule has 0 aliphatic rings. The van der Waals surface area contributed by atoms with Crippen LogP contribution in [0.1, 0.15) is 6.42 Å². The SMILES string of the molecule is NCCC(=O)S(=O)(=O)c1ccccc1. The molecular formula is C9H11NO3S. The third-order valence-electron chi connectivity index (χ3n) is 1.70. The molecule has 0 aliphatic carbocycles. The van der Waals surface area contributed by atoms with E-state index >= 15 is 0 Å². The summed E-state index contributed by atoms with van der Waals surface area (Å²) >= 11 is 0. The van der Waals surface area contributed by atoms with Crippen molar-refractivity contribution in [2.24, 2.45) is 5.73 Å². The normalized spacial score (nSPS) is 11.2. The number of benzene rings is 1. The van der Waals surface area contributed by atoms with Crippen LogP contribution in [-0.2, 0) is 14.6 Å². The van der Waals surface area contributed by atoms with Crippen molar-refractivity contribution in [1.82, 2.24) is 0 Å². The third-order valence-corrected chi connectivity index (χ3v) is 3.40. The fourth-order valence-corrected chi connectivity index (χ4v) is 2.15. The quantitative estimate of drug-likeness (QED) is 0.785. The fraction of sp³-hybridized carbons (Fsp3) is 0.222. The molecular weight excluding hydrogens is 202 g/mol. The number of carbonyl (C=O) groups excluding carboxylic acids is 1. The largest absolute Gasteiger partial charge is 0.330 e. The van der Waals surface area contributed by atoms with Gasteiger partial charge in [0.2, 0.25) is 9.84 Å². The van der Waals surface area contributed by atoms with Crippen LogP contribution >= 0.6 is 0 Å². The van der Waals surface area contributed by atoms with Gasteiger partial charge in [-0.15, -0.1) is 0 Å². The van der Waals surface area contributed by atoms with E-state index in [-0.39, 0.29) is 17.9 Å². The van der Waals surface area contributed by atoms with Crippen molar-refractivity contribution < 1.29 is 13.2 Å². The highest BCUT2D eigenvalue weighted by molar-refractivity contribution is 8.06. The molecule has 4 nitrogen and oxygen atoms in total. The van der Waals surface area contributed by atoms with E-state index in [1.54, 1.807) is 18.2 Å². The molecule has 1 aromatic carbocycles. The lowest BCUT2D eigenvalue weighted by molar-refractivity contribution is -0.111. The van der Waals surface area contributed by atoms with Crippen molar-refractivity contribution in [2.45, 2.75) is 11.3 Å². The van der Waals surface area contributed by atoms with Crippen molar-refractivity contribution in [2.75, 3.05) is 6.54 Å². The monoisotopic (exact) mass is 213 g/mol. The first-order valence-corrected chi connectivity index (χ1v) is 5.60. The fourth-order valence-electron chi connectivity index (χ4n) is 0.983. The van der Waals surface area contributed by atoms with Gasteiger partial charge < -0.3 is 5.73 Å². The number of nitrogens with two attached hydrogens (primary N) is 1. The number of rotatable bonds is 3. The standard InChI is InChI=1S/C9H11NO3S/c10-7-6-9(11)14(12,13)8-4-2-1-3-5-8/h1-5H,6-7,10H2. The molecule has 0 unspecified atom stereocenters. The lowest BCUT2D eigenvalue weighted by Crippen LogP contribution is -2.18. The van der Waals surface area contributed by atoms with E-state index in [9.17, 15) is 13.2 Å². The van der Waals surface area contributed by atoms with Crippen LogP contribution in [0.4, 0.5) is 0 Å². The van der Waals surface area contributed by atoms with Crippen molar-refractivity contribution >= 4 is 15.0 Å². The van der Waals surface area contributed by atoms with Crippen LogP contribution in [0.5, 0.6) is 0 Å². The topological polar surface area (TPSA) is 77.2 Å². The summed E-state index contributed by atoms with van der Waals surface area (Å²) in [6.07, 6.45) is -0.142. The Bertz CT molecular complexity index is 411. The second-order valence-corrected chi connectivity index (χ2v) is 4.66. The molecule has 14 heavy (non-hydrogen) atoms. The summed E-state index contributed by atoms with van der Waals surface area (Å²) in [6, 6.07) is 7.62. The highest BCUT2D eigenvalue weighted by Gasteiger charge is 2.22. The van der Waals surface area contributed by atoms with Gasteiger partial charge in [0.05, 0.1) is 4.90 Å². The van der Waals surface area contributed by atoms with Gasteiger partial charge in [0.1, 0.15) is 0 Å². The van der Waals surface area contributed by atoms with Gasteiger partial charge in [-0.25, -0.2) is 8.42 Å². The summed E-state index contributed by atoms with van der Waals surface area (Å²) in [5, 5.41) is -0.828. The minimum absolute atomic E-state index is 0.0263. The Morgan fingerprint density at radius 2 is 1.79 bits per heavy atom. The van der Waals surface area contributed by atoms with Gasteiger partial charge in [-0.2, -0.15) is 0 Å². The first kappa shape index (κ1) is 10.9. The van der Waals surface area contributed by atoms with Gasteiger partial charge >= 0.3 is 0 Å². The number of hydrogen-bond acceptors (Lipinski definition) is 4. The maximum Gasteiger partial charge on any atom is 0.252 e. The van der Waals surface area contributed by atoms with Crippen LogP contribution in [0, 0.1) is 0 Å². The van der Waals surface area contributed by atoms with Crippen molar-refractivity contribution in [1.29, 1.82) is 0 Å². The van der Waals surface area contributed by atoms with E-state index in [1.807, 2.05) is 0 Å². The van der Waals surface area contributed by atoms with Crippen molar-refractivity contribution in [3.05, 3.63) is 30.3 Å².